The lowest BCUT2D eigenvalue weighted by Gasteiger charge is -2.26. The Morgan fingerprint density at radius 1 is 1.38 bits per heavy atom. The van der Waals surface area contributed by atoms with Gasteiger partial charge in [0.1, 0.15) is 10.8 Å². The molecule has 0 amide bonds. The quantitative estimate of drug-likeness (QED) is 0.766. The first kappa shape index (κ1) is 14.7. The SMILES string of the molecule is CC1(C)CC(=O)c2sc(CSc3cccc(F)c3)nc2C1. The Hall–Kier alpha value is -1.20. The minimum Gasteiger partial charge on any atom is -0.293 e. The Kier molecular flexibility index (Phi) is 3.88. The van der Waals surface area contributed by atoms with Crippen LogP contribution >= 0.6 is 23.1 Å². The summed E-state index contributed by atoms with van der Waals surface area (Å²) in [5.74, 6) is 0.658. The summed E-state index contributed by atoms with van der Waals surface area (Å²) in [5, 5.41) is 0.945. The topological polar surface area (TPSA) is 30.0 Å². The summed E-state index contributed by atoms with van der Waals surface area (Å²) in [6, 6.07) is 6.55. The van der Waals surface area contributed by atoms with Crippen molar-refractivity contribution in [1.82, 2.24) is 4.98 Å². The molecule has 0 unspecified atom stereocenters. The van der Waals surface area contributed by atoms with Crippen LogP contribution in [0.1, 0.15) is 40.6 Å². The molecular formula is C16H16FNOS2. The predicted molar refractivity (Wildman–Crippen MR) is 84.5 cm³/mol. The number of benzene rings is 1. The maximum absolute atomic E-state index is 13.1. The van der Waals surface area contributed by atoms with E-state index in [1.807, 2.05) is 6.07 Å². The highest BCUT2D eigenvalue weighted by atomic mass is 32.2. The number of thiazole rings is 1. The van der Waals surface area contributed by atoms with Gasteiger partial charge in [-0.1, -0.05) is 19.9 Å². The molecule has 0 saturated carbocycles. The van der Waals surface area contributed by atoms with E-state index in [0.29, 0.717) is 12.2 Å². The molecular weight excluding hydrogens is 305 g/mol. The average molecular weight is 321 g/mol. The third-order valence-electron chi connectivity index (χ3n) is 3.44. The number of aromatic nitrogens is 1. The number of ketones is 1. The van der Waals surface area contributed by atoms with Crippen molar-refractivity contribution in [2.45, 2.75) is 37.3 Å². The first-order valence-corrected chi connectivity index (χ1v) is 8.63. The first-order chi connectivity index (χ1) is 9.93. The largest absolute Gasteiger partial charge is 0.293 e. The van der Waals surface area contributed by atoms with Gasteiger partial charge in [-0.15, -0.1) is 23.1 Å². The molecule has 0 spiro atoms. The summed E-state index contributed by atoms with van der Waals surface area (Å²) in [6.45, 7) is 4.21. The van der Waals surface area contributed by atoms with Crippen LogP contribution in [-0.4, -0.2) is 10.8 Å². The Bertz CT molecular complexity index is 693. The summed E-state index contributed by atoms with van der Waals surface area (Å²) in [4.78, 5) is 18.5. The minimum absolute atomic E-state index is 0.00509. The molecule has 0 saturated heterocycles. The zero-order valence-electron chi connectivity index (χ0n) is 12.0. The molecule has 0 radical (unpaired) electrons. The van der Waals surface area contributed by atoms with Crippen LogP contribution in [0.15, 0.2) is 29.2 Å². The van der Waals surface area contributed by atoms with E-state index in [-0.39, 0.29) is 17.0 Å². The summed E-state index contributed by atoms with van der Waals surface area (Å²) >= 11 is 3.04. The molecule has 1 heterocycles. The number of hydrogen-bond donors (Lipinski definition) is 0. The summed E-state index contributed by atoms with van der Waals surface area (Å²) in [7, 11) is 0. The molecule has 110 valence electrons. The number of carbonyl (C=O) groups is 1. The molecule has 2 aromatic rings. The second-order valence-corrected chi connectivity index (χ2v) is 8.20. The van der Waals surface area contributed by atoms with Crippen LogP contribution in [0.3, 0.4) is 0 Å². The molecule has 0 bridgehead atoms. The fraction of sp³-hybridized carbons (Fsp3) is 0.375. The zero-order chi connectivity index (χ0) is 15.0. The Labute approximate surface area is 131 Å². The predicted octanol–water partition coefficient (Wildman–Crippen LogP) is 4.73. The van der Waals surface area contributed by atoms with Crippen molar-refractivity contribution in [1.29, 1.82) is 0 Å². The van der Waals surface area contributed by atoms with Crippen LogP contribution in [0.4, 0.5) is 4.39 Å². The smallest absolute Gasteiger partial charge is 0.175 e. The molecule has 1 aromatic carbocycles. The number of nitrogens with zero attached hydrogens (tertiary/aromatic N) is 1. The maximum Gasteiger partial charge on any atom is 0.175 e. The maximum atomic E-state index is 13.1. The van der Waals surface area contributed by atoms with Gasteiger partial charge in [-0.05, 0) is 30.0 Å². The molecule has 1 aromatic heterocycles. The highest BCUT2D eigenvalue weighted by Gasteiger charge is 2.33. The summed E-state index contributed by atoms with van der Waals surface area (Å²) in [6.07, 6.45) is 1.45. The second-order valence-electron chi connectivity index (χ2n) is 6.07. The van der Waals surface area contributed by atoms with Crippen molar-refractivity contribution in [3.8, 4) is 0 Å². The van der Waals surface area contributed by atoms with Crippen molar-refractivity contribution in [3.63, 3.8) is 0 Å². The fourth-order valence-electron chi connectivity index (χ4n) is 2.53. The number of Topliss-reactive ketones (excluding diaryl/α,β-unsaturated/α-hetero) is 1. The van der Waals surface area contributed by atoms with Gasteiger partial charge in [0.05, 0.1) is 16.3 Å². The van der Waals surface area contributed by atoms with Crippen molar-refractivity contribution < 1.29 is 9.18 Å². The Morgan fingerprint density at radius 3 is 2.95 bits per heavy atom. The van der Waals surface area contributed by atoms with E-state index in [1.165, 1.54) is 23.5 Å². The van der Waals surface area contributed by atoms with Gasteiger partial charge < -0.3 is 0 Å². The first-order valence-electron chi connectivity index (χ1n) is 6.83. The third kappa shape index (κ3) is 3.35. The van der Waals surface area contributed by atoms with Gasteiger partial charge in [-0.25, -0.2) is 9.37 Å². The van der Waals surface area contributed by atoms with Crippen LogP contribution < -0.4 is 0 Å². The van der Waals surface area contributed by atoms with Crippen LogP contribution in [0.5, 0.6) is 0 Å². The van der Waals surface area contributed by atoms with E-state index >= 15 is 0 Å². The molecule has 0 aliphatic heterocycles. The van der Waals surface area contributed by atoms with E-state index in [1.54, 1.807) is 17.8 Å². The van der Waals surface area contributed by atoms with E-state index in [0.717, 1.165) is 26.9 Å². The summed E-state index contributed by atoms with van der Waals surface area (Å²) in [5.41, 5.74) is 0.946. The monoisotopic (exact) mass is 321 g/mol. The van der Waals surface area contributed by atoms with Gasteiger partial charge in [0.15, 0.2) is 5.78 Å². The molecule has 0 fully saturated rings. The van der Waals surface area contributed by atoms with Crippen LogP contribution in [0.2, 0.25) is 0 Å². The van der Waals surface area contributed by atoms with Gasteiger partial charge in [-0.2, -0.15) is 0 Å². The van der Waals surface area contributed by atoms with Crippen molar-refractivity contribution >= 4 is 28.9 Å². The molecule has 21 heavy (non-hydrogen) atoms. The van der Waals surface area contributed by atoms with Crippen LogP contribution in [-0.2, 0) is 12.2 Å². The Balaban J connectivity index is 1.75. The van der Waals surface area contributed by atoms with Gasteiger partial charge >= 0.3 is 0 Å². The fourth-order valence-corrected chi connectivity index (χ4v) is 4.48. The highest BCUT2D eigenvalue weighted by molar-refractivity contribution is 7.98. The summed E-state index contributed by atoms with van der Waals surface area (Å²) < 4.78 is 13.1. The molecule has 3 rings (SSSR count). The molecule has 2 nitrogen and oxygen atoms in total. The zero-order valence-corrected chi connectivity index (χ0v) is 13.6. The lowest BCUT2D eigenvalue weighted by Crippen LogP contribution is -2.25. The number of thioether (sulfide) groups is 1. The standard InChI is InChI=1S/C16H16FNOS2/c1-16(2)7-12-15(13(19)8-16)21-14(18-12)9-20-11-5-3-4-10(17)6-11/h3-6H,7-9H2,1-2H3. The number of halogens is 1. The molecule has 5 heteroatoms. The Morgan fingerprint density at radius 2 is 2.19 bits per heavy atom. The van der Waals surface area contributed by atoms with E-state index < -0.39 is 0 Å². The van der Waals surface area contributed by atoms with E-state index in [9.17, 15) is 9.18 Å². The molecule has 0 atom stereocenters. The minimum atomic E-state index is -0.227. The number of rotatable bonds is 3. The van der Waals surface area contributed by atoms with E-state index in [2.05, 4.69) is 18.8 Å². The van der Waals surface area contributed by atoms with Gasteiger partial charge in [0.2, 0.25) is 0 Å². The molecule has 0 N–H and O–H groups in total. The van der Waals surface area contributed by atoms with Crippen LogP contribution in [0.25, 0.3) is 0 Å². The third-order valence-corrected chi connectivity index (χ3v) is 5.76. The average Bonchev–Trinajstić information content (AvgIpc) is 2.78. The lowest BCUT2D eigenvalue weighted by molar-refractivity contribution is 0.0916. The van der Waals surface area contributed by atoms with Crippen molar-refractivity contribution in [2.24, 2.45) is 5.41 Å². The van der Waals surface area contributed by atoms with Gasteiger partial charge in [-0.3, -0.25) is 4.79 Å². The van der Waals surface area contributed by atoms with Crippen molar-refractivity contribution in [2.75, 3.05) is 0 Å². The highest BCUT2D eigenvalue weighted by Crippen LogP contribution is 2.38. The van der Waals surface area contributed by atoms with Gasteiger partial charge in [0.25, 0.3) is 0 Å². The van der Waals surface area contributed by atoms with Gasteiger partial charge in [0, 0.05) is 11.3 Å². The van der Waals surface area contributed by atoms with E-state index in [4.69, 9.17) is 0 Å². The number of fused-ring (bicyclic) bond motifs is 1. The number of carbonyl (C=O) groups excluding carboxylic acids is 1. The normalized spacial score (nSPS) is 16.8. The molecule has 1 aliphatic carbocycles. The van der Waals surface area contributed by atoms with Crippen molar-refractivity contribution in [3.05, 3.63) is 45.7 Å². The lowest BCUT2D eigenvalue weighted by atomic mass is 9.78. The molecule has 1 aliphatic rings. The second kappa shape index (κ2) is 5.54. The van der Waals surface area contributed by atoms with Crippen LogP contribution in [0, 0.1) is 11.2 Å². The number of hydrogen-bond acceptors (Lipinski definition) is 4.